The van der Waals surface area contributed by atoms with Gasteiger partial charge in [-0.25, -0.2) is 14.5 Å². The van der Waals surface area contributed by atoms with E-state index in [1.54, 1.807) is 13.0 Å². The average molecular weight is 411 g/mol. The molecule has 0 atom stereocenters. The molecule has 0 fully saturated rings. The minimum atomic E-state index is -4.64. The summed E-state index contributed by atoms with van der Waals surface area (Å²) in [7, 11) is 0. The summed E-state index contributed by atoms with van der Waals surface area (Å²) in [4.78, 5) is 16.1. The van der Waals surface area contributed by atoms with E-state index >= 15 is 0 Å². The summed E-state index contributed by atoms with van der Waals surface area (Å²) in [6.45, 7) is 1.76. The van der Waals surface area contributed by atoms with E-state index in [0.717, 1.165) is 21.5 Å². The molecule has 4 rings (SSSR count). The van der Waals surface area contributed by atoms with E-state index < -0.39 is 23.5 Å². The first-order valence-corrected chi connectivity index (χ1v) is 9.17. The third-order valence-electron chi connectivity index (χ3n) is 4.53. The van der Waals surface area contributed by atoms with Gasteiger partial charge in [-0.15, -0.1) is 0 Å². The number of esters is 1. The molecule has 2 heterocycles. The lowest BCUT2D eigenvalue weighted by Crippen LogP contribution is -2.14. The molecule has 0 N–H and O–H groups in total. The Bertz CT molecular complexity index is 1230. The van der Waals surface area contributed by atoms with E-state index in [0.29, 0.717) is 11.3 Å². The number of carbonyl (C=O) groups is 1. The maximum Gasteiger partial charge on any atom is 0.420 e. The van der Waals surface area contributed by atoms with Crippen LogP contribution >= 0.6 is 0 Å². The van der Waals surface area contributed by atoms with Gasteiger partial charge in [-0.3, -0.25) is 0 Å². The van der Waals surface area contributed by atoms with Crippen LogP contribution in [0.15, 0.2) is 66.9 Å². The third kappa shape index (κ3) is 3.63. The average Bonchev–Trinajstić information content (AvgIpc) is 3.18. The predicted octanol–water partition coefficient (Wildman–Crippen LogP) is 5.28. The van der Waals surface area contributed by atoms with Crippen LogP contribution < -0.4 is 0 Å². The molecule has 0 aliphatic heterocycles. The Balaban J connectivity index is 1.95. The van der Waals surface area contributed by atoms with Crippen molar-refractivity contribution < 1.29 is 22.7 Å². The number of aromatic nitrogens is 3. The van der Waals surface area contributed by atoms with Gasteiger partial charge in [0.05, 0.1) is 12.3 Å². The fourth-order valence-corrected chi connectivity index (χ4v) is 3.19. The van der Waals surface area contributed by atoms with E-state index in [2.05, 4.69) is 10.1 Å². The molecule has 4 aromatic rings. The van der Waals surface area contributed by atoms with Crippen LogP contribution in [-0.4, -0.2) is 27.3 Å². The van der Waals surface area contributed by atoms with Gasteiger partial charge in [0, 0.05) is 11.8 Å². The number of nitrogens with zero attached hydrogens (tertiary/aromatic N) is 3. The largest absolute Gasteiger partial charge is 0.461 e. The summed E-state index contributed by atoms with van der Waals surface area (Å²) in [5.74, 6) is -1.13. The topological polar surface area (TPSA) is 57.0 Å². The Labute approximate surface area is 169 Å². The van der Waals surface area contributed by atoms with Crippen LogP contribution in [0.3, 0.4) is 0 Å². The Morgan fingerprint density at radius 2 is 1.80 bits per heavy atom. The number of carbonyl (C=O) groups excluding carboxylic acids is 1. The second-order valence-electron chi connectivity index (χ2n) is 6.48. The normalized spacial score (nSPS) is 11.6. The van der Waals surface area contributed by atoms with Gasteiger partial charge < -0.3 is 4.74 Å². The van der Waals surface area contributed by atoms with Gasteiger partial charge in [0.2, 0.25) is 0 Å². The van der Waals surface area contributed by atoms with Crippen LogP contribution in [-0.2, 0) is 10.9 Å². The highest BCUT2D eigenvalue weighted by Gasteiger charge is 2.35. The lowest BCUT2D eigenvalue weighted by molar-refractivity contribution is -0.137. The Hall–Kier alpha value is -3.68. The summed E-state index contributed by atoms with van der Waals surface area (Å²) < 4.78 is 46.8. The molecule has 2 aromatic carbocycles. The molecule has 0 amide bonds. The molecule has 2 aromatic heterocycles. The number of hydrogen-bond acceptors (Lipinski definition) is 4. The predicted molar refractivity (Wildman–Crippen MR) is 105 cm³/mol. The number of rotatable bonds is 4. The second-order valence-corrected chi connectivity index (χ2v) is 6.48. The molecule has 30 heavy (non-hydrogen) atoms. The molecule has 0 bridgehead atoms. The van der Waals surface area contributed by atoms with Crippen LogP contribution in [0.5, 0.6) is 0 Å². The van der Waals surface area contributed by atoms with E-state index in [1.165, 1.54) is 18.3 Å². The smallest absolute Gasteiger partial charge is 0.420 e. The summed E-state index contributed by atoms with van der Waals surface area (Å²) in [6, 6.07) is 16.6. The van der Waals surface area contributed by atoms with Gasteiger partial charge in [0.15, 0.2) is 11.5 Å². The molecule has 0 spiro atoms. The SMILES string of the molecule is CCOC(=O)c1cc(-c2ccc3ccccc3c2)n(-c2ncccc2C(F)(F)F)n1. The van der Waals surface area contributed by atoms with Crippen molar-refractivity contribution in [1.29, 1.82) is 0 Å². The highest BCUT2D eigenvalue weighted by atomic mass is 19.4. The van der Waals surface area contributed by atoms with Crippen molar-refractivity contribution in [2.75, 3.05) is 6.61 Å². The van der Waals surface area contributed by atoms with Crippen molar-refractivity contribution in [2.45, 2.75) is 13.1 Å². The zero-order valence-electron chi connectivity index (χ0n) is 15.8. The first-order chi connectivity index (χ1) is 14.4. The van der Waals surface area contributed by atoms with Crippen molar-refractivity contribution in [3.63, 3.8) is 0 Å². The molecular formula is C22H16F3N3O2. The fourth-order valence-electron chi connectivity index (χ4n) is 3.19. The quantitative estimate of drug-likeness (QED) is 0.429. The summed E-state index contributed by atoms with van der Waals surface area (Å²) >= 11 is 0. The number of hydrogen-bond donors (Lipinski definition) is 0. The first kappa shape index (κ1) is 19.6. The second kappa shape index (κ2) is 7.62. The Morgan fingerprint density at radius 1 is 1.03 bits per heavy atom. The molecule has 5 nitrogen and oxygen atoms in total. The molecule has 0 saturated carbocycles. The van der Waals surface area contributed by atoms with Gasteiger partial charge in [-0.2, -0.15) is 18.3 Å². The third-order valence-corrected chi connectivity index (χ3v) is 4.53. The summed E-state index contributed by atoms with van der Waals surface area (Å²) in [5, 5.41) is 5.99. The maximum atomic E-state index is 13.6. The molecule has 0 radical (unpaired) electrons. The minimum absolute atomic E-state index is 0.0983. The number of halogens is 3. The van der Waals surface area contributed by atoms with Gasteiger partial charge in [0.25, 0.3) is 0 Å². The zero-order chi connectivity index (χ0) is 21.3. The Kier molecular flexibility index (Phi) is 4.99. The van der Waals surface area contributed by atoms with Gasteiger partial charge >= 0.3 is 12.1 Å². The van der Waals surface area contributed by atoms with E-state index in [-0.39, 0.29) is 12.3 Å². The summed E-state index contributed by atoms with van der Waals surface area (Å²) in [6.07, 6.45) is -3.39. The summed E-state index contributed by atoms with van der Waals surface area (Å²) in [5.41, 5.74) is -0.159. The molecule has 152 valence electrons. The van der Waals surface area contributed by atoms with Crippen LogP contribution in [0.25, 0.3) is 27.8 Å². The number of alkyl halides is 3. The number of fused-ring (bicyclic) bond motifs is 1. The molecule has 8 heteroatoms. The lowest BCUT2D eigenvalue weighted by Gasteiger charge is -2.14. The zero-order valence-corrected chi connectivity index (χ0v) is 15.8. The molecule has 0 aliphatic carbocycles. The highest BCUT2D eigenvalue weighted by molar-refractivity contribution is 5.91. The number of ether oxygens (including phenoxy) is 1. The highest BCUT2D eigenvalue weighted by Crippen LogP contribution is 2.35. The number of pyridine rings is 1. The van der Waals surface area contributed by atoms with E-state index in [1.807, 2.05) is 36.4 Å². The van der Waals surface area contributed by atoms with Crippen molar-refractivity contribution >= 4 is 16.7 Å². The lowest BCUT2D eigenvalue weighted by atomic mass is 10.0. The van der Waals surface area contributed by atoms with Crippen LogP contribution in [0.1, 0.15) is 23.0 Å². The minimum Gasteiger partial charge on any atom is -0.461 e. The maximum absolute atomic E-state index is 13.6. The van der Waals surface area contributed by atoms with Crippen molar-refractivity contribution in [3.8, 4) is 17.1 Å². The molecule has 0 saturated heterocycles. The monoisotopic (exact) mass is 411 g/mol. The van der Waals surface area contributed by atoms with Crippen LogP contribution in [0, 0.1) is 0 Å². The van der Waals surface area contributed by atoms with Gasteiger partial charge in [-0.05, 0) is 42.0 Å². The molecular weight excluding hydrogens is 395 g/mol. The van der Waals surface area contributed by atoms with Crippen molar-refractivity contribution in [2.24, 2.45) is 0 Å². The molecule has 0 unspecified atom stereocenters. The van der Waals surface area contributed by atoms with Crippen molar-refractivity contribution in [1.82, 2.24) is 14.8 Å². The van der Waals surface area contributed by atoms with E-state index in [4.69, 9.17) is 4.74 Å². The molecule has 0 aliphatic rings. The van der Waals surface area contributed by atoms with Crippen LogP contribution in [0.4, 0.5) is 13.2 Å². The van der Waals surface area contributed by atoms with Gasteiger partial charge in [-0.1, -0.05) is 36.4 Å². The number of benzene rings is 2. The Morgan fingerprint density at radius 3 is 2.53 bits per heavy atom. The van der Waals surface area contributed by atoms with Gasteiger partial charge in [0.1, 0.15) is 5.56 Å². The van der Waals surface area contributed by atoms with Crippen LogP contribution in [0.2, 0.25) is 0 Å². The van der Waals surface area contributed by atoms with Crippen molar-refractivity contribution in [3.05, 3.63) is 78.1 Å². The fraction of sp³-hybridized carbons (Fsp3) is 0.136. The standard InChI is InChI=1S/C22H16F3N3O2/c1-2-30-21(29)18-13-19(16-10-9-14-6-3-4-7-15(14)12-16)28(27-18)20-17(22(23,24)25)8-5-11-26-20/h3-13H,2H2,1H3. The first-order valence-electron chi connectivity index (χ1n) is 9.17. The van der Waals surface area contributed by atoms with E-state index in [9.17, 15) is 18.0 Å².